The highest BCUT2D eigenvalue weighted by Gasteiger charge is 2.29. The van der Waals surface area contributed by atoms with E-state index in [1.54, 1.807) is 0 Å². The van der Waals surface area contributed by atoms with Crippen molar-refractivity contribution in [3.63, 3.8) is 0 Å². The lowest BCUT2D eigenvalue weighted by Gasteiger charge is -2.17. The molecule has 3 N–H and O–H groups in total. The normalized spacial score (nSPS) is 14.4. The standard InChI is InChI=1S/C21H25N3O2/c1-13-4-5-14(2)19(12-13)24-20(25)15(3)22-17-8-10-18(11-9-17)23-21(26)16-6-7-16/h4-5,8-12,15-16,22H,6-7H2,1-3H3,(H,23,26)(H,24,25). The van der Waals surface area contributed by atoms with E-state index < -0.39 is 0 Å². The highest BCUT2D eigenvalue weighted by Crippen LogP contribution is 2.30. The molecule has 1 saturated carbocycles. The number of hydrogen-bond donors (Lipinski definition) is 3. The van der Waals surface area contributed by atoms with Gasteiger partial charge in [-0.3, -0.25) is 9.59 Å². The number of amides is 2. The quantitative estimate of drug-likeness (QED) is 0.734. The minimum Gasteiger partial charge on any atom is -0.374 e. The molecule has 26 heavy (non-hydrogen) atoms. The molecule has 2 aromatic rings. The second-order valence-electron chi connectivity index (χ2n) is 7.01. The highest BCUT2D eigenvalue weighted by atomic mass is 16.2. The molecule has 1 fully saturated rings. The number of rotatable bonds is 6. The summed E-state index contributed by atoms with van der Waals surface area (Å²) in [4.78, 5) is 24.2. The molecule has 1 unspecified atom stereocenters. The first-order valence-corrected chi connectivity index (χ1v) is 8.98. The first-order valence-electron chi connectivity index (χ1n) is 8.98. The van der Waals surface area contributed by atoms with E-state index in [2.05, 4.69) is 16.0 Å². The Kier molecular flexibility index (Phi) is 5.26. The number of aryl methyl sites for hydroxylation is 2. The zero-order valence-corrected chi connectivity index (χ0v) is 15.4. The number of anilines is 3. The van der Waals surface area contributed by atoms with Crippen molar-refractivity contribution in [1.82, 2.24) is 0 Å². The van der Waals surface area contributed by atoms with Crippen LogP contribution in [0.1, 0.15) is 30.9 Å². The fourth-order valence-corrected chi connectivity index (χ4v) is 2.67. The van der Waals surface area contributed by atoms with Crippen LogP contribution in [0.3, 0.4) is 0 Å². The van der Waals surface area contributed by atoms with Gasteiger partial charge in [0.05, 0.1) is 0 Å². The van der Waals surface area contributed by atoms with E-state index in [1.807, 2.05) is 63.2 Å². The van der Waals surface area contributed by atoms with Crippen molar-refractivity contribution in [1.29, 1.82) is 0 Å². The Hall–Kier alpha value is -2.82. The van der Waals surface area contributed by atoms with Gasteiger partial charge in [0.15, 0.2) is 0 Å². The Balaban J connectivity index is 1.56. The average molecular weight is 351 g/mol. The minimum absolute atomic E-state index is 0.0898. The van der Waals surface area contributed by atoms with Crippen molar-refractivity contribution in [2.45, 2.75) is 39.7 Å². The van der Waals surface area contributed by atoms with E-state index in [1.165, 1.54) is 0 Å². The summed E-state index contributed by atoms with van der Waals surface area (Å²) in [6.07, 6.45) is 1.97. The molecule has 136 valence electrons. The molecular weight excluding hydrogens is 326 g/mol. The van der Waals surface area contributed by atoms with Gasteiger partial charge < -0.3 is 16.0 Å². The van der Waals surface area contributed by atoms with E-state index >= 15 is 0 Å². The summed E-state index contributed by atoms with van der Waals surface area (Å²) in [5.74, 6) is 0.179. The van der Waals surface area contributed by atoms with Gasteiger partial charge in [0.2, 0.25) is 11.8 Å². The topological polar surface area (TPSA) is 70.2 Å². The summed E-state index contributed by atoms with van der Waals surface area (Å²) < 4.78 is 0. The summed E-state index contributed by atoms with van der Waals surface area (Å²) in [5, 5.41) is 9.06. The predicted molar refractivity (Wildman–Crippen MR) is 105 cm³/mol. The molecule has 0 aliphatic heterocycles. The first-order chi connectivity index (χ1) is 12.4. The van der Waals surface area contributed by atoms with Crippen LogP contribution in [0.5, 0.6) is 0 Å². The smallest absolute Gasteiger partial charge is 0.246 e. The van der Waals surface area contributed by atoms with Gasteiger partial charge in [-0.05, 0) is 75.1 Å². The van der Waals surface area contributed by atoms with E-state index in [0.29, 0.717) is 0 Å². The third kappa shape index (κ3) is 4.63. The molecule has 5 heteroatoms. The molecule has 0 radical (unpaired) electrons. The Morgan fingerprint density at radius 3 is 2.27 bits per heavy atom. The molecule has 0 heterocycles. The van der Waals surface area contributed by atoms with Crippen molar-refractivity contribution in [3.8, 4) is 0 Å². The summed E-state index contributed by atoms with van der Waals surface area (Å²) >= 11 is 0. The van der Waals surface area contributed by atoms with Crippen LogP contribution in [0.2, 0.25) is 0 Å². The van der Waals surface area contributed by atoms with Crippen LogP contribution in [-0.4, -0.2) is 17.9 Å². The number of carbonyl (C=O) groups is 2. The fraction of sp³-hybridized carbons (Fsp3) is 0.333. The molecule has 0 aromatic heterocycles. The van der Waals surface area contributed by atoms with Gasteiger partial charge in [-0.1, -0.05) is 12.1 Å². The first kappa shape index (κ1) is 18.0. The van der Waals surface area contributed by atoms with E-state index in [0.717, 1.165) is 41.0 Å². The van der Waals surface area contributed by atoms with Gasteiger partial charge >= 0.3 is 0 Å². The molecule has 0 spiro atoms. The maximum Gasteiger partial charge on any atom is 0.246 e. The summed E-state index contributed by atoms with van der Waals surface area (Å²) in [6.45, 7) is 5.80. The third-order valence-electron chi connectivity index (χ3n) is 4.53. The zero-order valence-electron chi connectivity index (χ0n) is 15.4. The van der Waals surface area contributed by atoms with E-state index in [4.69, 9.17) is 0 Å². The molecule has 1 aliphatic rings. The molecule has 0 saturated heterocycles. The van der Waals surface area contributed by atoms with Crippen molar-refractivity contribution in [3.05, 3.63) is 53.6 Å². The van der Waals surface area contributed by atoms with Crippen LogP contribution in [0.15, 0.2) is 42.5 Å². The number of hydrogen-bond acceptors (Lipinski definition) is 3. The lowest BCUT2D eigenvalue weighted by molar-refractivity contribution is -0.117. The van der Waals surface area contributed by atoms with Crippen LogP contribution in [0, 0.1) is 19.8 Å². The minimum atomic E-state index is -0.387. The Labute approximate surface area is 154 Å². The van der Waals surface area contributed by atoms with Gasteiger partial charge in [0, 0.05) is 23.0 Å². The van der Waals surface area contributed by atoms with Crippen LogP contribution < -0.4 is 16.0 Å². The number of carbonyl (C=O) groups excluding carboxylic acids is 2. The van der Waals surface area contributed by atoms with Crippen LogP contribution in [0.25, 0.3) is 0 Å². The van der Waals surface area contributed by atoms with Crippen molar-refractivity contribution in [2.75, 3.05) is 16.0 Å². The summed E-state index contributed by atoms with van der Waals surface area (Å²) in [7, 11) is 0. The highest BCUT2D eigenvalue weighted by molar-refractivity contribution is 5.97. The van der Waals surface area contributed by atoms with Crippen molar-refractivity contribution in [2.24, 2.45) is 5.92 Å². The van der Waals surface area contributed by atoms with Gasteiger partial charge in [-0.15, -0.1) is 0 Å². The van der Waals surface area contributed by atoms with Crippen LogP contribution in [-0.2, 0) is 9.59 Å². The molecule has 3 rings (SSSR count). The van der Waals surface area contributed by atoms with Gasteiger partial charge in [0.25, 0.3) is 0 Å². The van der Waals surface area contributed by atoms with E-state index in [-0.39, 0.29) is 23.8 Å². The molecule has 5 nitrogen and oxygen atoms in total. The Morgan fingerprint density at radius 2 is 1.62 bits per heavy atom. The lowest BCUT2D eigenvalue weighted by atomic mass is 10.1. The maximum absolute atomic E-state index is 12.4. The molecule has 0 bridgehead atoms. The summed E-state index contributed by atoms with van der Waals surface area (Å²) in [5.41, 5.74) is 4.59. The molecule has 2 aromatic carbocycles. The fourth-order valence-electron chi connectivity index (χ4n) is 2.67. The van der Waals surface area contributed by atoms with Gasteiger partial charge in [-0.25, -0.2) is 0 Å². The van der Waals surface area contributed by atoms with Gasteiger partial charge in [-0.2, -0.15) is 0 Å². The lowest BCUT2D eigenvalue weighted by Crippen LogP contribution is -2.32. The second-order valence-corrected chi connectivity index (χ2v) is 7.01. The molecule has 2 amide bonds. The monoisotopic (exact) mass is 351 g/mol. The predicted octanol–water partition coefficient (Wildman–Crippen LogP) is 4.09. The Bertz CT molecular complexity index is 811. The largest absolute Gasteiger partial charge is 0.374 e. The van der Waals surface area contributed by atoms with Crippen molar-refractivity contribution < 1.29 is 9.59 Å². The molecular formula is C21H25N3O2. The zero-order chi connectivity index (χ0) is 18.7. The molecule has 1 aliphatic carbocycles. The van der Waals surface area contributed by atoms with Crippen molar-refractivity contribution >= 4 is 28.9 Å². The maximum atomic E-state index is 12.4. The van der Waals surface area contributed by atoms with Gasteiger partial charge in [0.1, 0.15) is 6.04 Å². The number of nitrogens with one attached hydrogen (secondary N) is 3. The SMILES string of the molecule is Cc1ccc(C)c(NC(=O)C(C)Nc2ccc(NC(=O)C3CC3)cc2)c1. The summed E-state index contributed by atoms with van der Waals surface area (Å²) in [6, 6.07) is 13.0. The average Bonchev–Trinajstić information content (AvgIpc) is 3.45. The third-order valence-corrected chi connectivity index (χ3v) is 4.53. The second kappa shape index (κ2) is 7.60. The van der Waals surface area contributed by atoms with Crippen LogP contribution >= 0.6 is 0 Å². The Morgan fingerprint density at radius 1 is 0.962 bits per heavy atom. The van der Waals surface area contributed by atoms with E-state index in [9.17, 15) is 9.59 Å². The number of benzene rings is 2. The molecule has 1 atom stereocenters. The van der Waals surface area contributed by atoms with Crippen LogP contribution in [0.4, 0.5) is 17.1 Å².